The van der Waals surface area contributed by atoms with E-state index in [0.717, 1.165) is 0 Å². The molecule has 4 nitrogen and oxygen atoms in total. The Labute approximate surface area is 54.8 Å². The number of nitrogens with zero attached hydrogens (tertiary/aromatic N) is 1. The van der Waals surface area contributed by atoms with Gasteiger partial charge in [-0.3, -0.25) is 10.1 Å². The highest BCUT2D eigenvalue weighted by Gasteiger charge is 2.21. The zero-order valence-corrected chi connectivity index (χ0v) is 5.88. The molecule has 0 saturated heterocycles. The van der Waals surface area contributed by atoms with Crippen LogP contribution in [-0.4, -0.2) is 21.1 Å². The molecule has 0 rings (SSSR count). The van der Waals surface area contributed by atoms with Gasteiger partial charge in [0.25, 0.3) is 0 Å². The van der Waals surface area contributed by atoms with Gasteiger partial charge < -0.3 is 5.11 Å². The number of rotatable bonds is 2. The van der Waals surface area contributed by atoms with Crippen LogP contribution in [0.4, 0.5) is 0 Å². The van der Waals surface area contributed by atoms with E-state index < -0.39 is 16.0 Å². The van der Waals surface area contributed by atoms with E-state index in [1.807, 2.05) is 0 Å². The molecule has 1 unspecified atom stereocenters. The Hall–Kier alpha value is -0.160. The molecule has 0 radical (unpaired) electrons. The molecule has 0 aliphatic rings. The van der Waals surface area contributed by atoms with Crippen LogP contribution in [0.25, 0.3) is 0 Å². The fourth-order valence-corrected chi connectivity index (χ4v) is 0.440. The largest absolute Gasteiger partial charge is 0.373 e. The second-order valence-corrected chi connectivity index (χ2v) is 3.34. The Balaban J connectivity index is 3.55. The molecule has 0 spiro atoms. The lowest BCUT2D eigenvalue weighted by atomic mass is 10.4. The molecule has 5 heteroatoms. The van der Waals surface area contributed by atoms with Crippen molar-refractivity contribution in [2.24, 2.45) is 0 Å². The van der Waals surface area contributed by atoms with Gasteiger partial charge in [-0.25, -0.2) is 0 Å². The zero-order chi connectivity index (χ0) is 6.78. The first-order valence-electron chi connectivity index (χ1n) is 1.95. The van der Waals surface area contributed by atoms with E-state index in [2.05, 4.69) is 15.9 Å². The van der Waals surface area contributed by atoms with Gasteiger partial charge in [0.15, 0.2) is 4.51 Å². The SMILES string of the molecule is CC(O)(Br)C[N+](=O)[O-]. The molecule has 0 aliphatic carbocycles. The minimum absolute atomic E-state index is 0.479. The van der Waals surface area contributed by atoms with E-state index in [-0.39, 0.29) is 0 Å². The quantitative estimate of drug-likeness (QED) is 0.383. The van der Waals surface area contributed by atoms with Crippen LogP contribution >= 0.6 is 15.9 Å². The van der Waals surface area contributed by atoms with Crippen LogP contribution in [0.2, 0.25) is 0 Å². The molecule has 0 aliphatic heterocycles. The fraction of sp³-hybridized carbons (Fsp3) is 1.00. The summed E-state index contributed by atoms with van der Waals surface area (Å²) in [6, 6.07) is 0. The van der Waals surface area contributed by atoms with Crippen LogP contribution in [0.3, 0.4) is 0 Å². The third-order valence-electron chi connectivity index (χ3n) is 0.418. The van der Waals surface area contributed by atoms with Crippen molar-refractivity contribution in [1.82, 2.24) is 0 Å². The highest BCUT2D eigenvalue weighted by Crippen LogP contribution is 2.10. The number of alkyl halides is 1. The van der Waals surface area contributed by atoms with Crippen molar-refractivity contribution in [2.75, 3.05) is 6.54 Å². The highest BCUT2D eigenvalue weighted by molar-refractivity contribution is 9.10. The lowest BCUT2D eigenvalue weighted by Crippen LogP contribution is -2.25. The van der Waals surface area contributed by atoms with Gasteiger partial charge in [-0.05, 0) is 22.9 Å². The van der Waals surface area contributed by atoms with Crippen LogP contribution in [0.5, 0.6) is 0 Å². The first-order valence-corrected chi connectivity index (χ1v) is 2.74. The van der Waals surface area contributed by atoms with Crippen molar-refractivity contribution in [3.05, 3.63) is 10.1 Å². The fourth-order valence-electron chi connectivity index (χ4n) is 0.236. The average molecular weight is 184 g/mol. The predicted octanol–water partition coefficient (Wildman–Crippen LogP) is 0.367. The topological polar surface area (TPSA) is 63.4 Å². The van der Waals surface area contributed by atoms with Crippen molar-refractivity contribution in [3.63, 3.8) is 0 Å². The molecule has 48 valence electrons. The Morgan fingerprint density at radius 3 is 2.38 bits per heavy atom. The van der Waals surface area contributed by atoms with Crippen LogP contribution in [0, 0.1) is 10.1 Å². The molecular formula is C3H6BrNO3. The highest BCUT2D eigenvalue weighted by atomic mass is 79.9. The maximum absolute atomic E-state index is 9.63. The molecule has 0 fully saturated rings. The molecule has 0 bridgehead atoms. The third kappa shape index (κ3) is 5.84. The van der Waals surface area contributed by atoms with Crippen LogP contribution in [0.1, 0.15) is 6.92 Å². The Morgan fingerprint density at radius 2 is 2.38 bits per heavy atom. The number of halogens is 1. The molecule has 0 amide bonds. The van der Waals surface area contributed by atoms with Gasteiger partial charge in [0.05, 0.1) is 0 Å². The van der Waals surface area contributed by atoms with Crippen molar-refractivity contribution >= 4 is 15.9 Å². The van der Waals surface area contributed by atoms with E-state index in [0.29, 0.717) is 0 Å². The summed E-state index contributed by atoms with van der Waals surface area (Å²) < 4.78 is -1.36. The monoisotopic (exact) mass is 183 g/mol. The number of aliphatic hydroxyl groups is 1. The molecule has 0 saturated carbocycles. The summed E-state index contributed by atoms with van der Waals surface area (Å²) in [4.78, 5) is 9.04. The first kappa shape index (κ1) is 7.84. The molecular weight excluding hydrogens is 178 g/mol. The Kier molecular flexibility index (Phi) is 2.36. The molecule has 0 aromatic rings. The molecule has 0 aromatic heterocycles. The second-order valence-electron chi connectivity index (χ2n) is 1.63. The number of hydrogen-bond acceptors (Lipinski definition) is 3. The molecule has 0 aromatic carbocycles. The summed E-state index contributed by atoms with van der Waals surface area (Å²) in [6.45, 7) is 0.836. The maximum atomic E-state index is 9.63. The molecule has 0 heterocycles. The lowest BCUT2D eigenvalue weighted by molar-refractivity contribution is -0.491. The van der Waals surface area contributed by atoms with Gasteiger partial charge in [0.1, 0.15) is 0 Å². The van der Waals surface area contributed by atoms with E-state index >= 15 is 0 Å². The number of nitro groups is 1. The number of hydrogen-bond donors (Lipinski definition) is 1. The second kappa shape index (κ2) is 2.41. The summed E-state index contributed by atoms with van der Waals surface area (Å²) in [5.74, 6) is 0. The Bertz CT molecular complexity index is 97.2. The lowest BCUT2D eigenvalue weighted by Gasteiger charge is -2.06. The maximum Gasteiger partial charge on any atom is 0.241 e. The van der Waals surface area contributed by atoms with Gasteiger partial charge >= 0.3 is 0 Å². The van der Waals surface area contributed by atoms with E-state index in [1.54, 1.807) is 0 Å². The molecule has 8 heavy (non-hydrogen) atoms. The van der Waals surface area contributed by atoms with E-state index in [9.17, 15) is 10.1 Å². The zero-order valence-electron chi connectivity index (χ0n) is 4.30. The van der Waals surface area contributed by atoms with Gasteiger partial charge in [0.2, 0.25) is 6.54 Å². The summed E-state index contributed by atoms with van der Waals surface area (Å²) in [5.41, 5.74) is 0. The predicted molar refractivity (Wildman–Crippen MR) is 31.4 cm³/mol. The third-order valence-corrected chi connectivity index (χ3v) is 0.668. The van der Waals surface area contributed by atoms with Crippen LogP contribution in [-0.2, 0) is 0 Å². The first-order chi connectivity index (χ1) is 3.42. The summed E-state index contributed by atoms with van der Waals surface area (Å²) in [6.07, 6.45) is 0. The van der Waals surface area contributed by atoms with Gasteiger partial charge in [-0.1, -0.05) is 0 Å². The van der Waals surface area contributed by atoms with Crippen molar-refractivity contribution in [3.8, 4) is 0 Å². The molecule has 1 N–H and O–H groups in total. The summed E-state index contributed by atoms with van der Waals surface area (Å²) in [7, 11) is 0. The van der Waals surface area contributed by atoms with Gasteiger partial charge in [-0.2, -0.15) is 0 Å². The summed E-state index contributed by atoms with van der Waals surface area (Å²) in [5, 5.41) is 18.3. The Morgan fingerprint density at radius 1 is 2.00 bits per heavy atom. The minimum Gasteiger partial charge on any atom is -0.373 e. The standard InChI is InChI=1S/C3H6BrNO3/c1-3(4,6)2-5(7)8/h6H,2H2,1H3. The summed E-state index contributed by atoms with van der Waals surface area (Å²) >= 11 is 2.69. The van der Waals surface area contributed by atoms with Gasteiger partial charge in [-0.15, -0.1) is 0 Å². The van der Waals surface area contributed by atoms with Crippen LogP contribution < -0.4 is 0 Å². The molecule has 1 atom stereocenters. The smallest absolute Gasteiger partial charge is 0.241 e. The van der Waals surface area contributed by atoms with E-state index in [4.69, 9.17) is 5.11 Å². The van der Waals surface area contributed by atoms with Gasteiger partial charge in [0, 0.05) is 4.92 Å². The normalized spacial score (nSPS) is 17.4. The van der Waals surface area contributed by atoms with Crippen molar-refractivity contribution < 1.29 is 10.0 Å². The average Bonchev–Trinajstić information content (AvgIpc) is 1.21. The minimum atomic E-state index is -1.36. The van der Waals surface area contributed by atoms with E-state index in [1.165, 1.54) is 6.92 Å². The van der Waals surface area contributed by atoms with Crippen LogP contribution in [0.15, 0.2) is 0 Å². The van der Waals surface area contributed by atoms with Crippen molar-refractivity contribution in [2.45, 2.75) is 11.4 Å². The van der Waals surface area contributed by atoms with Crippen molar-refractivity contribution in [1.29, 1.82) is 0 Å².